The number of nitro benzene ring substituents is 1. The van der Waals surface area contributed by atoms with E-state index in [1.807, 2.05) is 0 Å². The first-order valence-electron chi connectivity index (χ1n) is 8.49. The lowest BCUT2D eigenvalue weighted by Gasteiger charge is -2.35. The van der Waals surface area contributed by atoms with Crippen LogP contribution in [0.5, 0.6) is 0 Å². The predicted octanol–water partition coefficient (Wildman–Crippen LogP) is 3.28. The highest BCUT2D eigenvalue weighted by Crippen LogP contribution is 2.29. The van der Waals surface area contributed by atoms with Gasteiger partial charge >= 0.3 is 6.18 Å². The largest absolute Gasteiger partial charge is 0.417 e. The molecule has 3 rings (SSSR count). The zero-order valence-electron chi connectivity index (χ0n) is 14.9. The van der Waals surface area contributed by atoms with Crippen molar-refractivity contribution in [3.8, 4) is 0 Å². The number of hydrogen-bond donors (Lipinski definition) is 0. The van der Waals surface area contributed by atoms with Crippen LogP contribution in [0.4, 0.5) is 24.7 Å². The summed E-state index contributed by atoms with van der Waals surface area (Å²) in [6.07, 6.45) is -3.65. The average molecular weight is 394 g/mol. The maximum atomic E-state index is 12.6. The van der Waals surface area contributed by atoms with E-state index in [1.54, 1.807) is 22.8 Å². The van der Waals surface area contributed by atoms with Gasteiger partial charge in [0.15, 0.2) is 0 Å². The zero-order valence-corrected chi connectivity index (χ0v) is 14.9. The summed E-state index contributed by atoms with van der Waals surface area (Å²) in [4.78, 5) is 30.4. The Morgan fingerprint density at radius 3 is 2.36 bits per heavy atom. The molecular weight excluding hydrogens is 377 g/mol. The maximum Gasteiger partial charge on any atom is 0.417 e. The first kappa shape index (κ1) is 19.6. The van der Waals surface area contributed by atoms with E-state index in [2.05, 4.69) is 4.98 Å². The van der Waals surface area contributed by atoms with Crippen molar-refractivity contribution in [1.82, 2.24) is 9.88 Å². The van der Waals surface area contributed by atoms with E-state index in [0.717, 1.165) is 12.3 Å². The molecule has 0 atom stereocenters. The van der Waals surface area contributed by atoms with Crippen molar-refractivity contribution in [2.45, 2.75) is 13.1 Å². The van der Waals surface area contributed by atoms with Gasteiger partial charge in [-0.1, -0.05) is 6.07 Å². The summed E-state index contributed by atoms with van der Waals surface area (Å²) < 4.78 is 37.9. The van der Waals surface area contributed by atoms with E-state index >= 15 is 0 Å². The number of nitro groups is 1. The van der Waals surface area contributed by atoms with Gasteiger partial charge in [0.25, 0.3) is 11.6 Å². The van der Waals surface area contributed by atoms with E-state index in [0.29, 0.717) is 37.6 Å². The van der Waals surface area contributed by atoms with E-state index in [1.165, 1.54) is 18.2 Å². The van der Waals surface area contributed by atoms with Gasteiger partial charge in [-0.15, -0.1) is 0 Å². The minimum absolute atomic E-state index is 0.113. The van der Waals surface area contributed by atoms with Crippen LogP contribution in [0.15, 0.2) is 36.5 Å². The Morgan fingerprint density at radius 1 is 1.14 bits per heavy atom. The normalized spacial score (nSPS) is 14.9. The predicted molar refractivity (Wildman–Crippen MR) is 95.2 cm³/mol. The molecule has 10 heteroatoms. The molecule has 148 valence electrons. The van der Waals surface area contributed by atoms with E-state index in [9.17, 15) is 28.1 Å². The Kier molecular flexibility index (Phi) is 5.21. The number of alkyl halides is 3. The quantitative estimate of drug-likeness (QED) is 0.590. The number of carbonyl (C=O) groups excluding carboxylic acids is 1. The fourth-order valence-electron chi connectivity index (χ4n) is 3.00. The summed E-state index contributed by atoms with van der Waals surface area (Å²) in [5.74, 6) is 0.0919. The van der Waals surface area contributed by atoms with Gasteiger partial charge in [-0.2, -0.15) is 13.2 Å². The second-order valence-corrected chi connectivity index (χ2v) is 6.44. The molecule has 28 heavy (non-hydrogen) atoms. The molecule has 7 nitrogen and oxygen atoms in total. The number of amides is 1. The van der Waals surface area contributed by atoms with Crippen molar-refractivity contribution in [1.29, 1.82) is 0 Å². The van der Waals surface area contributed by atoms with Crippen LogP contribution in [-0.2, 0) is 6.18 Å². The van der Waals surface area contributed by atoms with Crippen LogP contribution in [0, 0.1) is 17.0 Å². The highest BCUT2D eigenvalue weighted by Gasteiger charge is 2.31. The van der Waals surface area contributed by atoms with Crippen LogP contribution in [0.25, 0.3) is 0 Å². The molecule has 2 heterocycles. The number of hydrogen-bond acceptors (Lipinski definition) is 5. The highest BCUT2D eigenvalue weighted by atomic mass is 19.4. The highest BCUT2D eigenvalue weighted by molar-refractivity contribution is 5.95. The summed E-state index contributed by atoms with van der Waals surface area (Å²) >= 11 is 0. The molecular formula is C18H17F3N4O3. The van der Waals surface area contributed by atoms with Gasteiger partial charge in [-0.05, 0) is 25.1 Å². The molecule has 1 aliphatic heterocycles. The van der Waals surface area contributed by atoms with Crippen LogP contribution in [0.2, 0.25) is 0 Å². The SMILES string of the molecule is Cc1ccc(C(=O)N2CCN(c3ccc(C(F)(F)F)cn3)CC2)cc1[N+](=O)[O-]. The molecule has 0 spiro atoms. The van der Waals surface area contributed by atoms with E-state index in [4.69, 9.17) is 0 Å². The molecule has 1 amide bonds. The number of carbonyl (C=O) groups is 1. The first-order chi connectivity index (χ1) is 13.2. The number of piperazine rings is 1. The fraction of sp³-hybridized carbons (Fsp3) is 0.333. The Hall–Kier alpha value is -3.17. The Labute approximate surface area is 158 Å². The molecule has 0 unspecified atom stereocenters. The Balaban J connectivity index is 1.66. The van der Waals surface area contributed by atoms with Crippen LogP contribution in [-0.4, -0.2) is 46.9 Å². The van der Waals surface area contributed by atoms with Crippen molar-refractivity contribution >= 4 is 17.4 Å². The summed E-state index contributed by atoms with van der Waals surface area (Å²) in [5.41, 5.74) is -0.220. The van der Waals surface area contributed by atoms with Crippen molar-refractivity contribution in [3.63, 3.8) is 0 Å². The van der Waals surface area contributed by atoms with Gasteiger partial charge in [0.05, 0.1) is 10.5 Å². The van der Waals surface area contributed by atoms with E-state index < -0.39 is 16.7 Å². The van der Waals surface area contributed by atoms with Gasteiger partial charge in [-0.25, -0.2) is 4.98 Å². The third-order valence-corrected chi connectivity index (χ3v) is 4.62. The van der Waals surface area contributed by atoms with Crippen LogP contribution < -0.4 is 4.90 Å². The van der Waals surface area contributed by atoms with Crippen molar-refractivity contribution in [3.05, 3.63) is 63.3 Å². The minimum Gasteiger partial charge on any atom is -0.353 e. The molecule has 1 aliphatic rings. The lowest BCUT2D eigenvalue weighted by atomic mass is 10.1. The number of rotatable bonds is 3. The number of nitrogens with zero attached hydrogens (tertiary/aromatic N) is 4. The van der Waals surface area contributed by atoms with Gasteiger partial charge in [0.2, 0.25) is 0 Å². The second kappa shape index (κ2) is 7.45. The van der Waals surface area contributed by atoms with Crippen molar-refractivity contribution in [2.24, 2.45) is 0 Å². The van der Waals surface area contributed by atoms with Gasteiger partial charge in [0.1, 0.15) is 5.82 Å². The van der Waals surface area contributed by atoms with Crippen LogP contribution >= 0.6 is 0 Å². The molecule has 0 N–H and O–H groups in total. The van der Waals surface area contributed by atoms with Crippen LogP contribution in [0.3, 0.4) is 0 Å². The number of aryl methyl sites for hydroxylation is 1. The number of benzene rings is 1. The molecule has 0 bridgehead atoms. The van der Waals surface area contributed by atoms with Crippen molar-refractivity contribution < 1.29 is 22.9 Å². The maximum absolute atomic E-state index is 12.6. The molecule has 1 aromatic heterocycles. The Morgan fingerprint density at radius 2 is 1.82 bits per heavy atom. The molecule has 2 aromatic rings. The minimum atomic E-state index is -4.44. The average Bonchev–Trinajstić information content (AvgIpc) is 2.67. The zero-order chi connectivity index (χ0) is 20.5. The molecule has 0 aliphatic carbocycles. The molecule has 1 saturated heterocycles. The van der Waals surface area contributed by atoms with Gasteiger partial charge in [0, 0.05) is 49.6 Å². The number of anilines is 1. The lowest BCUT2D eigenvalue weighted by molar-refractivity contribution is -0.385. The number of halogens is 3. The third-order valence-electron chi connectivity index (χ3n) is 4.62. The number of pyridine rings is 1. The monoisotopic (exact) mass is 394 g/mol. The fourth-order valence-corrected chi connectivity index (χ4v) is 3.00. The molecule has 1 aromatic carbocycles. The lowest BCUT2D eigenvalue weighted by Crippen LogP contribution is -2.49. The van der Waals surface area contributed by atoms with Gasteiger partial charge in [-0.3, -0.25) is 14.9 Å². The van der Waals surface area contributed by atoms with Gasteiger partial charge < -0.3 is 9.80 Å². The van der Waals surface area contributed by atoms with Crippen molar-refractivity contribution in [2.75, 3.05) is 31.1 Å². The molecule has 0 saturated carbocycles. The first-order valence-corrected chi connectivity index (χ1v) is 8.49. The smallest absolute Gasteiger partial charge is 0.353 e. The standard InChI is InChI=1S/C18H17F3N4O3/c1-12-2-3-13(10-15(12)25(27)28)17(26)24-8-6-23(7-9-24)16-5-4-14(11-22-16)18(19,20)21/h2-5,10-11H,6-9H2,1H3. The van der Waals surface area contributed by atoms with Crippen LogP contribution in [0.1, 0.15) is 21.5 Å². The summed E-state index contributed by atoms with van der Waals surface area (Å²) in [6.45, 7) is 3.07. The second-order valence-electron chi connectivity index (χ2n) is 6.44. The summed E-state index contributed by atoms with van der Waals surface area (Å²) in [6, 6.07) is 6.64. The van der Waals surface area contributed by atoms with E-state index in [-0.39, 0.29) is 17.2 Å². The topological polar surface area (TPSA) is 79.6 Å². The molecule has 0 radical (unpaired) electrons. The number of aromatic nitrogens is 1. The third kappa shape index (κ3) is 4.05. The Bertz CT molecular complexity index is 892. The summed E-state index contributed by atoms with van der Waals surface area (Å²) in [5, 5.41) is 11.1. The summed E-state index contributed by atoms with van der Waals surface area (Å²) in [7, 11) is 0. The molecule has 1 fully saturated rings.